The Balaban J connectivity index is 3.08. The van der Waals surface area contributed by atoms with Gasteiger partial charge < -0.3 is 4.98 Å². The highest BCUT2D eigenvalue weighted by Crippen LogP contribution is 2.01. The van der Waals surface area contributed by atoms with E-state index in [9.17, 15) is 18.8 Å². The van der Waals surface area contributed by atoms with Crippen molar-refractivity contribution in [3.05, 3.63) is 32.9 Å². The second-order valence-corrected chi connectivity index (χ2v) is 3.56. The molecule has 1 N–H and O–H groups in total. The van der Waals surface area contributed by atoms with Gasteiger partial charge in [-0.25, -0.2) is 9.36 Å². The lowest BCUT2D eigenvalue weighted by Gasteiger charge is -2.00. The number of nitrogens with one attached hydrogen (secondary N) is 1. The Kier molecular flexibility index (Phi) is 3.23. The molecule has 0 spiro atoms. The Morgan fingerprint density at radius 3 is 2.86 bits per heavy atom. The second-order valence-electron chi connectivity index (χ2n) is 2.44. The van der Waals surface area contributed by atoms with E-state index >= 15 is 0 Å². The van der Waals surface area contributed by atoms with Gasteiger partial charge in [-0.1, -0.05) is 11.8 Å². The van der Waals surface area contributed by atoms with E-state index in [4.69, 9.17) is 0 Å². The molecular weight excluding hydrogens is 211 g/mol. The third kappa shape index (κ3) is 2.32. The fourth-order valence-corrected chi connectivity index (χ4v) is 1.30. The minimum Gasteiger partial charge on any atom is -0.311 e. The first-order chi connectivity index (χ1) is 6.52. The molecule has 1 rings (SSSR count). The average molecular weight is 218 g/mol. The molecule has 76 valence electrons. The van der Waals surface area contributed by atoms with E-state index < -0.39 is 17.1 Å². The van der Waals surface area contributed by atoms with Crippen molar-refractivity contribution in [2.45, 2.75) is 12.8 Å². The van der Waals surface area contributed by atoms with Crippen molar-refractivity contribution in [1.82, 2.24) is 9.55 Å². The van der Waals surface area contributed by atoms with Crippen LogP contribution in [0.25, 0.3) is 0 Å². The predicted molar refractivity (Wildman–Crippen MR) is 49.6 cm³/mol. The number of thioether (sulfide) groups is 1. The lowest BCUT2D eigenvalue weighted by atomic mass is 10.6. The Morgan fingerprint density at radius 1 is 1.64 bits per heavy atom. The molecule has 0 bridgehead atoms. The van der Waals surface area contributed by atoms with Crippen molar-refractivity contribution in [3.8, 4) is 0 Å². The summed E-state index contributed by atoms with van der Waals surface area (Å²) < 4.78 is 13.3. The molecule has 0 saturated carbocycles. The van der Waals surface area contributed by atoms with Gasteiger partial charge in [0.25, 0.3) is 5.56 Å². The van der Waals surface area contributed by atoms with Crippen LogP contribution in [-0.2, 0) is 10.7 Å². The van der Waals surface area contributed by atoms with Crippen molar-refractivity contribution in [2.24, 2.45) is 0 Å². The molecule has 1 aromatic rings. The third-order valence-electron chi connectivity index (χ3n) is 1.41. The van der Waals surface area contributed by atoms with Crippen molar-refractivity contribution in [2.75, 3.05) is 0 Å². The van der Waals surface area contributed by atoms with Gasteiger partial charge >= 0.3 is 5.69 Å². The van der Waals surface area contributed by atoms with Gasteiger partial charge in [0.2, 0.25) is 5.82 Å². The van der Waals surface area contributed by atoms with Crippen LogP contribution in [0.1, 0.15) is 6.92 Å². The first-order valence-electron chi connectivity index (χ1n) is 3.63. The molecular formula is C7H7FN2O3S. The predicted octanol–water partition coefficient (Wildman–Crippen LogP) is -0.0871. The van der Waals surface area contributed by atoms with E-state index in [2.05, 4.69) is 0 Å². The highest BCUT2D eigenvalue weighted by molar-refractivity contribution is 8.12. The summed E-state index contributed by atoms with van der Waals surface area (Å²) in [6.45, 7) is 1.29. The van der Waals surface area contributed by atoms with E-state index in [0.29, 0.717) is 10.8 Å². The molecule has 0 aliphatic heterocycles. The van der Waals surface area contributed by atoms with Crippen LogP contribution in [-0.4, -0.2) is 14.7 Å². The molecule has 0 fully saturated rings. The van der Waals surface area contributed by atoms with Crippen LogP contribution in [0, 0.1) is 5.82 Å². The number of rotatable bonds is 2. The van der Waals surface area contributed by atoms with E-state index in [1.165, 1.54) is 6.92 Å². The van der Waals surface area contributed by atoms with Crippen LogP contribution >= 0.6 is 11.8 Å². The third-order valence-corrected chi connectivity index (χ3v) is 2.21. The number of aromatic amines is 1. The molecule has 0 unspecified atom stereocenters. The van der Waals surface area contributed by atoms with E-state index in [1.54, 1.807) is 0 Å². The zero-order valence-corrected chi connectivity index (χ0v) is 8.06. The Hall–Kier alpha value is -1.37. The van der Waals surface area contributed by atoms with Gasteiger partial charge in [0.15, 0.2) is 5.12 Å². The average Bonchev–Trinajstić information content (AvgIpc) is 2.11. The first-order valence-corrected chi connectivity index (χ1v) is 4.62. The van der Waals surface area contributed by atoms with Gasteiger partial charge in [0, 0.05) is 13.1 Å². The largest absolute Gasteiger partial charge is 0.329 e. The van der Waals surface area contributed by atoms with Crippen LogP contribution in [0.2, 0.25) is 0 Å². The van der Waals surface area contributed by atoms with E-state index in [-0.39, 0.29) is 11.0 Å². The van der Waals surface area contributed by atoms with Crippen molar-refractivity contribution >= 4 is 16.9 Å². The molecule has 5 nitrogen and oxygen atoms in total. The molecule has 0 aliphatic rings. The van der Waals surface area contributed by atoms with Crippen LogP contribution < -0.4 is 11.2 Å². The molecule has 0 aromatic carbocycles. The second kappa shape index (κ2) is 4.23. The van der Waals surface area contributed by atoms with E-state index in [1.807, 2.05) is 4.98 Å². The Morgan fingerprint density at radius 2 is 2.29 bits per heavy atom. The van der Waals surface area contributed by atoms with E-state index in [0.717, 1.165) is 11.8 Å². The smallest absolute Gasteiger partial charge is 0.311 e. The summed E-state index contributed by atoms with van der Waals surface area (Å²) in [6.07, 6.45) is 0.694. The lowest BCUT2D eigenvalue weighted by Crippen LogP contribution is -2.35. The topological polar surface area (TPSA) is 71.9 Å². The summed E-state index contributed by atoms with van der Waals surface area (Å²) >= 11 is 0.759. The highest BCUT2D eigenvalue weighted by Gasteiger charge is 2.07. The molecule has 14 heavy (non-hydrogen) atoms. The summed E-state index contributed by atoms with van der Waals surface area (Å²) in [6, 6.07) is 0. The number of carbonyl (C=O) groups excluding carboxylic acids is 1. The molecule has 7 heteroatoms. The maximum absolute atomic E-state index is 12.7. The molecule has 0 radical (unpaired) electrons. The van der Waals surface area contributed by atoms with Crippen LogP contribution in [0.3, 0.4) is 0 Å². The number of nitrogens with zero attached hydrogens (tertiary/aromatic N) is 1. The maximum atomic E-state index is 12.7. The van der Waals surface area contributed by atoms with Gasteiger partial charge in [-0.05, 0) is 0 Å². The van der Waals surface area contributed by atoms with Gasteiger partial charge in [-0.3, -0.25) is 9.59 Å². The minimum atomic E-state index is -1.05. The molecule has 0 saturated heterocycles. The van der Waals surface area contributed by atoms with Crippen molar-refractivity contribution in [1.29, 1.82) is 0 Å². The number of H-pyrrole nitrogens is 1. The Labute approximate surface area is 81.9 Å². The number of halogens is 1. The lowest BCUT2D eigenvalue weighted by molar-refractivity contribution is -0.109. The molecule has 1 aromatic heterocycles. The van der Waals surface area contributed by atoms with Crippen molar-refractivity contribution in [3.63, 3.8) is 0 Å². The molecule has 0 amide bonds. The van der Waals surface area contributed by atoms with Gasteiger partial charge in [0.05, 0.1) is 5.88 Å². The zero-order valence-electron chi connectivity index (χ0n) is 7.24. The van der Waals surface area contributed by atoms with Crippen LogP contribution in [0.4, 0.5) is 4.39 Å². The van der Waals surface area contributed by atoms with Gasteiger partial charge in [0.1, 0.15) is 0 Å². The van der Waals surface area contributed by atoms with Crippen LogP contribution in [0.15, 0.2) is 15.8 Å². The van der Waals surface area contributed by atoms with Crippen molar-refractivity contribution < 1.29 is 9.18 Å². The summed E-state index contributed by atoms with van der Waals surface area (Å²) in [7, 11) is 0. The number of carbonyl (C=O) groups is 1. The standard InChI is InChI=1S/C7H7FN2O3S/c1-4(11)14-3-10-6(12)5(8)2-9-7(10)13/h2H,3H2,1H3,(H,9,13). The Bertz CT molecular complexity index is 465. The summed E-state index contributed by atoms with van der Waals surface area (Å²) in [4.78, 5) is 34.7. The molecule has 0 atom stereocenters. The maximum Gasteiger partial charge on any atom is 0.329 e. The first kappa shape index (κ1) is 10.7. The van der Waals surface area contributed by atoms with Gasteiger partial charge in [-0.2, -0.15) is 4.39 Å². The summed E-state index contributed by atoms with van der Waals surface area (Å²) in [5.74, 6) is -1.23. The fourth-order valence-electron chi connectivity index (χ4n) is 0.759. The normalized spacial score (nSPS) is 10.1. The molecule has 1 heterocycles. The van der Waals surface area contributed by atoms with Crippen LogP contribution in [0.5, 0.6) is 0 Å². The highest BCUT2D eigenvalue weighted by atomic mass is 32.2. The van der Waals surface area contributed by atoms with Gasteiger partial charge in [-0.15, -0.1) is 0 Å². The minimum absolute atomic E-state index is 0.179. The fraction of sp³-hybridized carbons (Fsp3) is 0.286. The summed E-state index contributed by atoms with van der Waals surface area (Å²) in [5, 5.41) is -0.249. The monoisotopic (exact) mass is 218 g/mol. The number of aromatic nitrogens is 2. The number of hydrogen-bond acceptors (Lipinski definition) is 4. The quantitative estimate of drug-likeness (QED) is 0.753. The number of hydrogen-bond donors (Lipinski definition) is 1. The molecule has 0 aliphatic carbocycles. The zero-order chi connectivity index (χ0) is 10.7. The summed E-state index contributed by atoms with van der Waals surface area (Å²) in [5.41, 5.74) is -1.76. The SMILES string of the molecule is CC(=O)SCn1c(=O)[nH]cc(F)c1=O.